The standard InChI is InChI=1S/C15H19N3O2/c1-11-8-16-15(17-9-11)18(2)10-12-5-13(19-3)7-14(6-12)20-4/h5-9H,10H2,1-4H3. The third-order valence-electron chi connectivity index (χ3n) is 2.94. The van der Waals surface area contributed by atoms with Crippen molar-refractivity contribution in [3.8, 4) is 11.5 Å². The first-order valence-electron chi connectivity index (χ1n) is 6.34. The number of hydrogen-bond acceptors (Lipinski definition) is 5. The second-order valence-electron chi connectivity index (χ2n) is 4.64. The molecule has 5 heteroatoms. The van der Waals surface area contributed by atoms with Crippen LogP contribution in [0.15, 0.2) is 30.6 Å². The number of benzene rings is 1. The summed E-state index contributed by atoms with van der Waals surface area (Å²) in [6.45, 7) is 2.65. The number of aryl methyl sites for hydroxylation is 1. The van der Waals surface area contributed by atoms with E-state index < -0.39 is 0 Å². The van der Waals surface area contributed by atoms with Crippen molar-refractivity contribution < 1.29 is 9.47 Å². The molecule has 106 valence electrons. The van der Waals surface area contributed by atoms with Gasteiger partial charge in [0, 0.05) is 32.1 Å². The van der Waals surface area contributed by atoms with Crippen LogP contribution in [0.5, 0.6) is 11.5 Å². The summed E-state index contributed by atoms with van der Waals surface area (Å²) in [5, 5.41) is 0. The van der Waals surface area contributed by atoms with Crippen molar-refractivity contribution in [3.63, 3.8) is 0 Å². The Kier molecular flexibility index (Phi) is 4.40. The molecule has 20 heavy (non-hydrogen) atoms. The zero-order valence-electron chi connectivity index (χ0n) is 12.3. The van der Waals surface area contributed by atoms with Crippen LogP contribution in [0.4, 0.5) is 5.95 Å². The molecule has 0 bridgehead atoms. The molecule has 0 radical (unpaired) electrons. The van der Waals surface area contributed by atoms with E-state index in [1.54, 1.807) is 14.2 Å². The molecule has 0 atom stereocenters. The Morgan fingerprint density at radius 3 is 2.05 bits per heavy atom. The van der Waals surface area contributed by atoms with Gasteiger partial charge in [0.15, 0.2) is 0 Å². The molecule has 5 nitrogen and oxygen atoms in total. The zero-order chi connectivity index (χ0) is 14.5. The van der Waals surface area contributed by atoms with Gasteiger partial charge in [0.1, 0.15) is 11.5 Å². The topological polar surface area (TPSA) is 47.5 Å². The molecule has 2 aromatic rings. The highest BCUT2D eigenvalue weighted by Crippen LogP contribution is 2.23. The van der Waals surface area contributed by atoms with Crippen LogP contribution in [0.2, 0.25) is 0 Å². The van der Waals surface area contributed by atoms with Gasteiger partial charge in [-0.1, -0.05) is 0 Å². The summed E-state index contributed by atoms with van der Waals surface area (Å²) >= 11 is 0. The van der Waals surface area contributed by atoms with Gasteiger partial charge < -0.3 is 14.4 Å². The molecule has 0 saturated carbocycles. The first-order chi connectivity index (χ1) is 9.62. The largest absolute Gasteiger partial charge is 0.497 e. The lowest BCUT2D eigenvalue weighted by molar-refractivity contribution is 0.393. The number of aromatic nitrogens is 2. The van der Waals surface area contributed by atoms with Crippen molar-refractivity contribution in [1.82, 2.24) is 9.97 Å². The average Bonchev–Trinajstić information content (AvgIpc) is 2.47. The van der Waals surface area contributed by atoms with Gasteiger partial charge in [-0.2, -0.15) is 0 Å². The van der Waals surface area contributed by atoms with E-state index in [0.29, 0.717) is 12.5 Å². The van der Waals surface area contributed by atoms with E-state index in [9.17, 15) is 0 Å². The van der Waals surface area contributed by atoms with Crippen LogP contribution in [-0.2, 0) is 6.54 Å². The second-order valence-corrected chi connectivity index (χ2v) is 4.64. The van der Waals surface area contributed by atoms with Gasteiger partial charge >= 0.3 is 0 Å². The summed E-state index contributed by atoms with van der Waals surface area (Å²) in [5.74, 6) is 2.24. The van der Waals surface area contributed by atoms with Crippen LogP contribution in [0.3, 0.4) is 0 Å². The van der Waals surface area contributed by atoms with E-state index in [1.165, 1.54) is 0 Å². The van der Waals surface area contributed by atoms with Gasteiger partial charge in [-0.05, 0) is 30.2 Å². The number of hydrogen-bond donors (Lipinski definition) is 0. The van der Waals surface area contributed by atoms with Crippen molar-refractivity contribution in [3.05, 3.63) is 41.7 Å². The summed E-state index contributed by atoms with van der Waals surface area (Å²) in [6.07, 6.45) is 3.62. The molecule has 0 aliphatic carbocycles. The smallest absolute Gasteiger partial charge is 0.225 e. The Labute approximate surface area is 119 Å². The van der Waals surface area contributed by atoms with Crippen LogP contribution in [0.1, 0.15) is 11.1 Å². The Morgan fingerprint density at radius 2 is 1.55 bits per heavy atom. The van der Waals surface area contributed by atoms with Crippen molar-refractivity contribution in [2.24, 2.45) is 0 Å². The lowest BCUT2D eigenvalue weighted by Gasteiger charge is -2.18. The fourth-order valence-corrected chi connectivity index (χ4v) is 1.89. The van der Waals surface area contributed by atoms with Crippen molar-refractivity contribution in [2.45, 2.75) is 13.5 Å². The number of methoxy groups -OCH3 is 2. The van der Waals surface area contributed by atoms with Crippen LogP contribution >= 0.6 is 0 Å². The molecular weight excluding hydrogens is 254 g/mol. The molecule has 0 aliphatic rings. The Bertz CT molecular complexity index is 548. The van der Waals surface area contributed by atoms with Crippen LogP contribution in [0.25, 0.3) is 0 Å². The third-order valence-corrected chi connectivity index (χ3v) is 2.94. The lowest BCUT2D eigenvalue weighted by atomic mass is 10.2. The SMILES string of the molecule is COc1cc(CN(C)c2ncc(C)cn2)cc(OC)c1. The summed E-state index contributed by atoms with van der Waals surface area (Å²) in [4.78, 5) is 10.6. The zero-order valence-corrected chi connectivity index (χ0v) is 12.3. The molecule has 0 fully saturated rings. The molecule has 1 aromatic carbocycles. The number of ether oxygens (including phenoxy) is 2. The maximum atomic E-state index is 5.27. The van der Waals surface area contributed by atoms with Crippen molar-refractivity contribution in [2.75, 3.05) is 26.2 Å². The minimum Gasteiger partial charge on any atom is -0.497 e. The quantitative estimate of drug-likeness (QED) is 0.837. The predicted molar refractivity (Wildman–Crippen MR) is 78.4 cm³/mol. The molecule has 1 heterocycles. The molecule has 1 aromatic heterocycles. The fourth-order valence-electron chi connectivity index (χ4n) is 1.89. The second kappa shape index (κ2) is 6.23. The molecule has 0 amide bonds. The van der Waals surface area contributed by atoms with Gasteiger partial charge in [0.05, 0.1) is 14.2 Å². The summed E-state index contributed by atoms with van der Waals surface area (Å²) in [6, 6.07) is 5.81. The number of rotatable bonds is 5. The van der Waals surface area contributed by atoms with Gasteiger partial charge in [0.2, 0.25) is 5.95 Å². The molecule has 0 saturated heterocycles. The molecular formula is C15H19N3O2. The maximum Gasteiger partial charge on any atom is 0.225 e. The third kappa shape index (κ3) is 3.38. The average molecular weight is 273 g/mol. The van der Waals surface area contributed by atoms with E-state index in [1.807, 2.05) is 49.5 Å². The highest BCUT2D eigenvalue weighted by atomic mass is 16.5. The van der Waals surface area contributed by atoms with E-state index >= 15 is 0 Å². The molecule has 0 unspecified atom stereocenters. The van der Waals surface area contributed by atoms with Gasteiger partial charge in [-0.15, -0.1) is 0 Å². The minimum absolute atomic E-state index is 0.677. The highest BCUT2D eigenvalue weighted by Gasteiger charge is 2.07. The lowest BCUT2D eigenvalue weighted by Crippen LogP contribution is -2.19. The molecule has 2 rings (SSSR count). The number of nitrogens with zero attached hydrogens (tertiary/aromatic N) is 3. The molecule has 0 spiro atoms. The molecule has 0 aliphatic heterocycles. The van der Waals surface area contributed by atoms with Gasteiger partial charge in [-0.25, -0.2) is 9.97 Å². The fraction of sp³-hybridized carbons (Fsp3) is 0.333. The summed E-state index contributed by atoms with van der Waals surface area (Å²) in [7, 11) is 5.24. The first-order valence-corrected chi connectivity index (χ1v) is 6.34. The van der Waals surface area contributed by atoms with Crippen molar-refractivity contribution >= 4 is 5.95 Å². The summed E-state index contributed by atoms with van der Waals surface area (Å²) < 4.78 is 10.5. The van der Waals surface area contributed by atoms with Crippen LogP contribution in [-0.4, -0.2) is 31.2 Å². The van der Waals surface area contributed by atoms with E-state index in [-0.39, 0.29) is 0 Å². The Morgan fingerprint density at radius 1 is 1.00 bits per heavy atom. The molecule has 0 N–H and O–H groups in total. The van der Waals surface area contributed by atoms with E-state index in [2.05, 4.69) is 9.97 Å². The van der Waals surface area contributed by atoms with Gasteiger partial charge in [-0.3, -0.25) is 0 Å². The van der Waals surface area contributed by atoms with E-state index in [4.69, 9.17) is 9.47 Å². The van der Waals surface area contributed by atoms with Crippen LogP contribution in [0, 0.1) is 6.92 Å². The highest BCUT2D eigenvalue weighted by molar-refractivity contribution is 5.40. The minimum atomic E-state index is 0.677. The van der Waals surface area contributed by atoms with Crippen LogP contribution < -0.4 is 14.4 Å². The first kappa shape index (κ1) is 14.1. The van der Waals surface area contributed by atoms with E-state index in [0.717, 1.165) is 22.6 Å². The summed E-state index contributed by atoms with van der Waals surface area (Å²) in [5.41, 5.74) is 2.12. The Balaban J connectivity index is 2.18. The normalized spacial score (nSPS) is 10.2. The predicted octanol–water partition coefficient (Wildman–Crippen LogP) is 2.44. The Hall–Kier alpha value is -2.30. The maximum absolute atomic E-state index is 5.27. The van der Waals surface area contributed by atoms with Crippen molar-refractivity contribution in [1.29, 1.82) is 0 Å². The monoisotopic (exact) mass is 273 g/mol. The van der Waals surface area contributed by atoms with Gasteiger partial charge in [0.25, 0.3) is 0 Å². The number of anilines is 1.